The van der Waals surface area contributed by atoms with E-state index in [0.29, 0.717) is 11.3 Å². The fourth-order valence-electron chi connectivity index (χ4n) is 1.27. The van der Waals surface area contributed by atoms with Gasteiger partial charge in [-0.1, -0.05) is 19.1 Å². The molecule has 0 fully saturated rings. The Morgan fingerprint density at radius 3 is 2.80 bits per heavy atom. The first-order valence-corrected chi connectivity index (χ1v) is 4.68. The van der Waals surface area contributed by atoms with Crippen molar-refractivity contribution in [1.82, 2.24) is 0 Å². The van der Waals surface area contributed by atoms with Gasteiger partial charge in [-0.25, -0.2) is 0 Å². The first-order valence-electron chi connectivity index (χ1n) is 4.68. The lowest BCUT2D eigenvalue weighted by Crippen LogP contribution is -1.94. The molecule has 4 nitrogen and oxygen atoms in total. The second kappa shape index (κ2) is 5.14. The Hall–Kier alpha value is -1.84. The zero-order chi connectivity index (χ0) is 11.3. The van der Waals surface area contributed by atoms with E-state index in [1.807, 2.05) is 13.0 Å². The molecule has 0 aromatic heterocycles. The van der Waals surface area contributed by atoms with Crippen molar-refractivity contribution in [2.45, 2.75) is 13.3 Å². The van der Waals surface area contributed by atoms with Gasteiger partial charge in [-0.15, -0.1) is 0 Å². The minimum atomic E-state index is -0.405. The molecule has 0 N–H and O–H groups in total. The van der Waals surface area contributed by atoms with E-state index >= 15 is 0 Å². The smallest absolute Gasteiger partial charge is 0.280 e. The van der Waals surface area contributed by atoms with Crippen molar-refractivity contribution in [3.63, 3.8) is 0 Å². The fourth-order valence-corrected chi connectivity index (χ4v) is 1.27. The van der Waals surface area contributed by atoms with E-state index in [2.05, 4.69) is 0 Å². The van der Waals surface area contributed by atoms with Crippen molar-refractivity contribution >= 4 is 11.8 Å². The van der Waals surface area contributed by atoms with Crippen LogP contribution in [0.4, 0.5) is 5.69 Å². The fraction of sp³-hybridized carbons (Fsp3) is 0.273. The molecule has 0 saturated carbocycles. The van der Waals surface area contributed by atoms with Crippen molar-refractivity contribution in [2.75, 3.05) is 7.11 Å². The van der Waals surface area contributed by atoms with Crippen LogP contribution in [0.3, 0.4) is 0 Å². The number of hydrogen-bond donors (Lipinski definition) is 0. The van der Waals surface area contributed by atoms with E-state index in [1.54, 1.807) is 18.2 Å². The Kier molecular flexibility index (Phi) is 3.85. The highest BCUT2D eigenvalue weighted by atomic mass is 16.6. The van der Waals surface area contributed by atoms with Gasteiger partial charge in [0.15, 0.2) is 0 Å². The van der Waals surface area contributed by atoms with Crippen LogP contribution < -0.4 is 4.74 Å². The molecule has 1 aromatic carbocycles. The third-order valence-corrected chi connectivity index (χ3v) is 1.98. The van der Waals surface area contributed by atoms with E-state index in [4.69, 9.17) is 4.74 Å². The van der Waals surface area contributed by atoms with Crippen LogP contribution in [0.25, 0.3) is 6.08 Å². The molecule has 1 aromatic rings. The van der Waals surface area contributed by atoms with E-state index in [9.17, 15) is 10.1 Å². The van der Waals surface area contributed by atoms with Crippen molar-refractivity contribution in [2.24, 2.45) is 0 Å². The Labute approximate surface area is 88.3 Å². The molecular weight excluding hydrogens is 194 g/mol. The number of methoxy groups -OCH3 is 1. The van der Waals surface area contributed by atoms with Gasteiger partial charge in [0.2, 0.25) is 0 Å². The maximum absolute atomic E-state index is 10.8. The molecule has 0 radical (unpaired) electrons. The third kappa shape index (κ3) is 2.56. The Balaban J connectivity index is 3.26. The van der Waals surface area contributed by atoms with Crippen molar-refractivity contribution in [3.8, 4) is 5.75 Å². The number of allylic oxidation sites excluding steroid dienone is 1. The van der Waals surface area contributed by atoms with Crippen LogP contribution >= 0.6 is 0 Å². The van der Waals surface area contributed by atoms with Gasteiger partial charge in [0.1, 0.15) is 5.75 Å². The minimum absolute atomic E-state index is 0.0686. The maximum atomic E-state index is 10.8. The van der Waals surface area contributed by atoms with E-state index < -0.39 is 4.92 Å². The average molecular weight is 207 g/mol. The summed E-state index contributed by atoms with van der Waals surface area (Å²) >= 11 is 0. The average Bonchev–Trinajstić information content (AvgIpc) is 2.25. The molecule has 0 spiro atoms. The van der Waals surface area contributed by atoms with E-state index in [0.717, 1.165) is 6.42 Å². The molecule has 0 amide bonds. The summed E-state index contributed by atoms with van der Waals surface area (Å²) in [6.45, 7) is 1.97. The van der Waals surface area contributed by atoms with Crippen molar-refractivity contribution in [3.05, 3.63) is 40.0 Å². The number of benzene rings is 1. The lowest BCUT2D eigenvalue weighted by Gasteiger charge is -2.04. The van der Waals surface area contributed by atoms with Gasteiger partial charge < -0.3 is 4.74 Å². The summed E-state index contributed by atoms with van der Waals surface area (Å²) in [5.41, 5.74) is 0.589. The monoisotopic (exact) mass is 207 g/mol. The molecule has 0 aliphatic rings. The topological polar surface area (TPSA) is 52.4 Å². The van der Waals surface area contributed by atoms with Crippen molar-refractivity contribution in [1.29, 1.82) is 0 Å². The molecule has 0 unspecified atom stereocenters. The number of nitro benzene ring substituents is 1. The highest BCUT2D eigenvalue weighted by molar-refractivity contribution is 5.67. The van der Waals surface area contributed by atoms with E-state index in [1.165, 1.54) is 13.2 Å². The van der Waals surface area contributed by atoms with Gasteiger partial charge in [0.05, 0.1) is 17.6 Å². The predicted octanol–water partition coefficient (Wildman–Crippen LogP) is 3.03. The molecule has 0 heterocycles. The first kappa shape index (κ1) is 11.2. The second-order valence-electron chi connectivity index (χ2n) is 2.96. The number of ether oxygens (including phenoxy) is 1. The molecule has 4 heteroatoms. The van der Waals surface area contributed by atoms with Gasteiger partial charge in [-0.2, -0.15) is 0 Å². The van der Waals surface area contributed by atoms with Crippen molar-refractivity contribution < 1.29 is 9.66 Å². The SMILES string of the molecule is CCC=Cc1c(OC)cccc1[N+](=O)[O-]. The maximum Gasteiger partial charge on any atom is 0.280 e. The minimum Gasteiger partial charge on any atom is -0.496 e. The summed E-state index contributed by atoms with van der Waals surface area (Å²) in [7, 11) is 1.50. The highest BCUT2D eigenvalue weighted by Crippen LogP contribution is 2.29. The number of nitrogens with zero attached hydrogens (tertiary/aromatic N) is 1. The Morgan fingerprint density at radius 2 is 2.27 bits per heavy atom. The van der Waals surface area contributed by atoms with Gasteiger partial charge >= 0.3 is 0 Å². The largest absolute Gasteiger partial charge is 0.496 e. The van der Waals surface area contributed by atoms with Gasteiger partial charge in [-0.3, -0.25) is 10.1 Å². The van der Waals surface area contributed by atoms with Crippen LogP contribution in [0.5, 0.6) is 5.75 Å². The summed E-state index contributed by atoms with van der Waals surface area (Å²) < 4.78 is 5.08. The number of hydrogen-bond acceptors (Lipinski definition) is 3. The molecule has 1 rings (SSSR count). The molecule has 0 atom stereocenters. The lowest BCUT2D eigenvalue weighted by molar-refractivity contribution is -0.385. The first-order chi connectivity index (χ1) is 7.20. The molecule has 80 valence electrons. The molecule has 15 heavy (non-hydrogen) atoms. The molecule has 0 saturated heterocycles. The van der Waals surface area contributed by atoms with Gasteiger partial charge in [0.25, 0.3) is 5.69 Å². The molecular formula is C11H13NO3. The predicted molar refractivity (Wildman–Crippen MR) is 59.0 cm³/mol. The van der Waals surface area contributed by atoms with Crippen LogP contribution in [0.1, 0.15) is 18.9 Å². The van der Waals surface area contributed by atoms with Crippen LogP contribution in [0, 0.1) is 10.1 Å². The molecule has 0 bridgehead atoms. The summed E-state index contributed by atoms with van der Waals surface area (Å²) in [6.07, 6.45) is 4.41. The van der Waals surface area contributed by atoms with Crippen LogP contribution in [-0.2, 0) is 0 Å². The summed E-state index contributed by atoms with van der Waals surface area (Å²) in [5, 5.41) is 10.8. The van der Waals surface area contributed by atoms with Crippen LogP contribution in [0.2, 0.25) is 0 Å². The lowest BCUT2D eigenvalue weighted by atomic mass is 10.1. The Morgan fingerprint density at radius 1 is 1.53 bits per heavy atom. The second-order valence-corrected chi connectivity index (χ2v) is 2.96. The Bertz CT molecular complexity index is 385. The standard InChI is InChI=1S/C11H13NO3/c1-3-4-6-9-10(12(13)14)7-5-8-11(9)15-2/h4-8H,3H2,1-2H3. The zero-order valence-corrected chi connectivity index (χ0v) is 8.77. The van der Waals surface area contributed by atoms with E-state index in [-0.39, 0.29) is 5.69 Å². The summed E-state index contributed by atoms with van der Waals surface area (Å²) in [5.74, 6) is 0.522. The third-order valence-electron chi connectivity index (χ3n) is 1.98. The number of rotatable bonds is 4. The normalized spacial score (nSPS) is 10.5. The summed E-state index contributed by atoms with van der Waals surface area (Å²) in [6, 6.07) is 4.79. The van der Waals surface area contributed by atoms with Gasteiger partial charge in [-0.05, 0) is 18.6 Å². The van der Waals surface area contributed by atoms with Crippen LogP contribution in [0.15, 0.2) is 24.3 Å². The highest BCUT2D eigenvalue weighted by Gasteiger charge is 2.14. The quantitative estimate of drug-likeness (QED) is 0.563. The molecule has 0 aliphatic heterocycles. The molecule has 0 aliphatic carbocycles. The van der Waals surface area contributed by atoms with Crippen LogP contribution in [-0.4, -0.2) is 12.0 Å². The summed E-state index contributed by atoms with van der Waals surface area (Å²) in [4.78, 5) is 10.4. The zero-order valence-electron chi connectivity index (χ0n) is 8.77. The van der Waals surface area contributed by atoms with Gasteiger partial charge in [0, 0.05) is 6.07 Å². The number of nitro groups is 1.